The molecule has 0 unspecified atom stereocenters. The first-order chi connectivity index (χ1) is 8.58. The van der Waals surface area contributed by atoms with Crippen LogP contribution >= 0.6 is 0 Å². The molecule has 1 aromatic rings. The second-order valence-electron chi connectivity index (χ2n) is 3.33. The van der Waals surface area contributed by atoms with Crippen LogP contribution in [0.2, 0.25) is 0 Å². The average Bonchev–Trinajstić information content (AvgIpc) is 2.38. The van der Waals surface area contributed by atoms with Gasteiger partial charge in [0, 0.05) is 6.07 Å². The van der Waals surface area contributed by atoms with Crippen LogP contribution in [0, 0.1) is 21.4 Å². The predicted molar refractivity (Wildman–Crippen MR) is 63.5 cm³/mol. The zero-order chi connectivity index (χ0) is 13.5. The zero-order valence-corrected chi connectivity index (χ0v) is 9.62. The summed E-state index contributed by atoms with van der Waals surface area (Å²) in [6.45, 7) is 0. The molecule has 0 aliphatic heterocycles. The van der Waals surface area contributed by atoms with Crippen LogP contribution in [0.1, 0.15) is 17.5 Å². The van der Waals surface area contributed by atoms with Gasteiger partial charge in [-0.15, -0.1) is 0 Å². The standard InChI is InChI=1S/C12H10N2O4/c1-18-12(15)4-2-3-9-5-6-10(8-13)11(7-9)14(16)17/h2-3,5-7H,4H2,1H3. The maximum Gasteiger partial charge on any atom is 0.309 e. The first-order valence-electron chi connectivity index (χ1n) is 5.00. The molecule has 0 aromatic heterocycles. The number of nitrogens with zero attached hydrogens (tertiary/aromatic N) is 2. The van der Waals surface area contributed by atoms with Gasteiger partial charge in [-0.05, 0) is 11.6 Å². The van der Waals surface area contributed by atoms with Crippen molar-refractivity contribution in [3.63, 3.8) is 0 Å². The third-order valence-corrected chi connectivity index (χ3v) is 2.16. The van der Waals surface area contributed by atoms with Gasteiger partial charge in [-0.3, -0.25) is 14.9 Å². The lowest BCUT2D eigenvalue weighted by molar-refractivity contribution is -0.385. The van der Waals surface area contributed by atoms with E-state index in [1.807, 2.05) is 0 Å². The summed E-state index contributed by atoms with van der Waals surface area (Å²) in [5.41, 5.74) is 0.299. The van der Waals surface area contributed by atoms with E-state index in [-0.39, 0.29) is 17.7 Å². The van der Waals surface area contributed by atoms with Crippen molar-refractivity contribution in [3.05, 3.63) is 45.5 Å². The Kier molecular flexibility index (Phi) is 4.58. The second kappa shape index (κ2) is 6.15. The summed E-state index contributed by atoms with van der Waals surface area (Å²) in [7, 11) is 1.28. The Labute approximate surface area is 103 Å². The minimum Gasteiger partial charge on any atom is -0.469 e. The Bertz CT molecular complexity index is 543. The summed E-state index contributed by atoms with van der Waals surface area (Å²) in [5, 5.41) is 19.4. The van der Waals surface area contributed by atoms with Crippen LogP contribution in [0.4, 0.5) is 5.69 Å². The molecule has 0 saturated heterocycles. The molecule has 18 heavy (non-hydrogen) atoms. The molecule has 6 nitrogen and oxygen atoms in total. The molecule has 1 aromatic carbocycles. The second-order valence-corrected chi connectivity index (χ2v) is 3.33. The van der Waals surface area contributed by atoms with Gasteiger partial charge in [0.05, 0.1) is 18.5 Å². The van der Waals surface area contributed by atoms with Crippen LogP contribution in [0.3, 0.4) is 0 Å². The van der Waals surface area contributed by atoms with E-state index in [1.165, 1.54) is 25.3 Å². The monoisotopic (exact) mass is 246 g/mol. The van der Waals surface area contributed by atoms with E-state index < -0.39 is 10.9 Å². The molecule has 0 fully saturated rings. The number of carbonyl (C=O) groups excluding carboxylic acids is 1. The summed E-state index contributed by atoms with van der Waals surface area (Å²) in [4.78, 5) is 21.0. The summed E-state index contributed by atoms with van der Waals surface area (Å²) in [6.07, 6.45) is 3.19. The van der Waals surface area contributed by atoms with E-state index >= 15 is 0 Å². The number of methoxy groups -OCH3 is 1. The SMILES string of the molecule is COC(=O)CC=Cc1ccc(C#N)c([N+](=O)[O-])c1. The van der Waals surface area contributed by atoms with Gasteiger partial charge >= 0.3 is 5.97 Å². The molecule has 0 radical (unpaired) electrons. The number of nitro groups is 1. The Hall–Kier alpha value is -2.68. The van der Waals surface area contributed by atoms with Gasteiger partial charge < -0.3 is 4.74 Å². The molecule has 0 amide bonds. The number of carbonyl (C=O) groups is 1. The van der Waals surface area contributed by atoms with Crippen LogP contribution in [-0.2, 0) is 9.53 Å². The van der Waals surface area contributed by atoms with Crippen molar-refractivity contribution in [2.45, 2.75) is 6.42 Å². The number of esters is 1. The third kappa shape index (κ3) is 3.42. The van der Waals surface area contributed by atoms with Crippen molar-refractivity contribution in [1.29, 1.82) is 5.26 Å². The molecule has 0 spiro atoms. The van der Waals surface area contributed by atoms with Crippen molar-refractivity contribution in [1.82, 2.24) is 0 Å². The fraction of sp³-hybridized carbons (Fsp3) is 0.167. The molecule has 6 heteroatoms. The van der Waals surface area contributed by atoms with Crippen LogP contribution in [0.25, 0.3) is 6.08 Å². The number of nitriles is 1. The fourth-order valence-corrected chi connectivity index (χ4v) is 1.27. The lowest BCUT2D eigenvalue weighted by atomic mass is 10.1. The normalized spacial score (nSPS) is 10.0. The lowest BCUT2D eigenvalue weighted by Gasteiger charge is -1.97. The maximum absolute atomic E-state index is 10.9. The minimum atomic E-state index is -0.615. The topological polar surface area (TPSA) is 93.2 Å². The van der Waals surface area contributed by atoms with Crippen LogP contribution in [-0.4, -0.2) is 18.0 Å². The van der Waals surface area contributed by atoms with Gasteiger partial charge in [-0.1, -0.05) is 18.2 Å². The van der Waals surface area contributed by atoms with Crippen LogP contribution in [0.15, 0.2) is 24.3 Å². The molecule has 0 aliphatic carbocycles. The predicted octanol–water partition coefficient (Wildman–Crippen LogP) is 2.04. The summed E-state index contributed by atoms with van der Waals surface area (Å²) >= 11 is 0. The summed E-state index contributed by atoms with van der Waals surface area (Å²) in [5.74, 6) is -0.394. The average molecular weight is 246 g/mol. The molecule has 0 saturated carbocycles. The summed E-state index contributed by atoms with van der Waals surface area (Å²) < 4.78 is 4.45. The molecule has 0 N–H and O–H groups in total. The Morgan fingerprint density at radius 1 is 1.61 bits per heavy atom. The van der Waals surface area contributed by atoms with Crippen LogP contribution in [0.5, 0.6) is 0 Å². The molecule has 0 atom stereocenters. The van der Waals surface area contributed by atoms with Crippen molar-refractivity contribution < 1.29 is 14.5 Å². The van der Waals surface area contributed by atoms with Gasteiger partial charge in [0.2, 0.25) is 0 Å². The highest BCUT2D eigenvalue weighted by Crippen LogP contribution is 2.20. The minimum absolute atomic E-state index is 0.00474. The van der Waals surface area contributed by atoms with Crippen molar-refractivity contribution in [2.75, 3.05) is 7.11 Å². The lowest BCUT2D eigenvalue weighted by Crippen LogP contribution is -1.96. The van der Waals surface area contributed by atoms with Crippen molar-refractivity contribution in [3.8, 4) is 6.07 Å². The van der Waals surface area contributed by atoms with Gasteiger partial charge in [-0.25, -0.2) is 0 Å². The quantitative estimate of drug-likeness (QED) is 0.460. The fourth-order valence-electron chi connectivity index (χ4n) is 1.27. The number of benzene rings is 1. The van der Waals surface area contributed by atoms with Gasteiger partial charge in [0.1, 0.15) is 11.6 Å². The molecule has 0 aliphatic rings. The van der Waals surface area contributed by atoms with Gasteiger partial charge in [0.25, 0.3) is 5.69 Å². The number of nitro benzene ring substituents is 1. The Balaban J connectivity index is 2.93. The maximum atomic E-state index is 10.9. The molecular weight excluding hydrogens is 236 g/mol. The van der Waals surface area contributed by atoms with E-state index in [4.69, 9.17) is 5.26 Å². The largest absolute Gasteiger partial charge is 0.469 e. The molecule has 1 rings (SSSR count). The first-order valence-corrected chi connectivity index (χ1v) is 5.00. The Morgan fingerprint density at radius 2 is 2.33 bits per heavy atom. The molecule has 0 bridgehead atoms. The first kappa shape index (κ1) is 13.4. The smallest absolute Gasteiger partial charge is 0.309 e. The van der Waals surface area contributed by atoms with E-state index in [0.29, 0.717) is 5.56 Å². The zero-order valence-electron chi connectivity index (χ0n) is 9.62. The van der Waals surface area contributed by atoms with E-state index in [2.05, 4.69) is 4.74 Å². The highest BCUT2D eigenvalue weighted by atomic mass is 16.6. The number of hydrogen-bond acceptors (Lipinski definition) is 5. The van der Waals surface area contributed by atoms with E-state index in [0.717, 1.165) is 0 Å². The number of hydrogen-bond donors (Lipinski definition) is 0. The van der Waals surface area contributed by atoms with Gasteiger partial charge in [-0.2, -0.15) is 5.26 Å². The highest BCUT2D eigenvalue weighted by Gasteiger charge is 2.13. The number of ether oxygens (including phenoxy) is 1. The third-order valence-electron chi connectivity index (χ3n) is 2.16. The van der Waals surface area contributed by atoms with E-state index in [1.54, 1.807) is 18.2 Å². The Morgan fingerprint density at radius 3 is 2.89 bits per heavy atom. The van der Waals surface area contributed by atoms with Crippen molar-refractivity contribution in [2.24, 2.45) is 0 Å². The van der Waals surface area contributed by atoms with E-state index in [9.17, 15) is 14.9 Å². The van der Waals surface area contributed by atoms with Gasteiger partial charge in [0.15, 0.2) is 0 Å². The van der Waals surface area contributed by atoms with Crippen LogP contribution < -0.4 is 0 Å². The molecule has 0 heterocycles. The molecule has 92 valence electrons. The summed E-state index contributed by atoms with van der Waals surface area (Å²) in [6, 6.07) is 5.97. The number of rotatable bonds is 4. The molecular formula is C12H10N2O4. The van der Waals surface area contributed by atoms with Crippen molar-refractivity contribution >= 4 is 17.7 Å². The highest BCUT2D eigenvalue weighted by molar-refractivity contribution is 5.72.